The minimum absolute atomic E-state index is 0.0440. The second-order valence-corrected chi connectivity index (χ2v) is 8.76. The number of ether oxygens (including phenoxy) is 1. The fourth-order valence-corrected chi connectivity index (χ4v) is 4.83. The molecule has 0 bridgehead atoms. The number of hydrogen-bond acceptors (Lipinski definition) is 5. The maximum absolute atomic E-state index is 14.4. The van der Waals surface area contributed by atoms with Crippen LogP contribution in [-0.2, 0) is 11.2 Å². The number of para-hydroxylation sites is 1. The lowest BCUT2D eigenvalue weighted by Crippen LogP contribution is -2.33. The van der Waals surface area contributed by atoms with E-state index in [4.69, 9.17) is 4.74 Å². The first-order valence-electron chi connectivity index (χ1n) is 12.0. The van der Waals surface area contributed by atoms with Crippen molar-refractivity contribution < 1.29 is 18.7 Å². The lowest BCUT2D eigenvalue weighted by atomic mass is 10.0. The molecule has 5 rings (SSSR count). The summed E-state index contributed by atoms with van der Waals surface area (Å²) in [6, 6.07) is 6.17. The number of pyridine rings is 1. The summed E-state index contributed by atoms with van der Waals surface area (Å²) in [7, 11) is 1.39. The van der Waals surface area contributed by atoms with Crippen LogP contribution in [-0.4, -0.2) is 52.9 Å². The van der Waals surface area contributed by atoms with Crippen LogP contribution in [0.2, 0.25) is 0 Å². The Morgan fingerprint density at radius 1 is 1.38 bits per heavy atom. The zero-order valence-electron chi connectivity index (χ0n) is 20.4. The second kappa shape index (κ2) is 10.2. The number of H-pyrrole nitrogens is 1. The van der Waals surface area contributed by atoms with E-state index in [2.05, 4.69) is 39.0 Å². The first-order valence-corrected chi connectivity index (χ1v) is 12.0. The Kier molecular flexibility index (Phi) is 6.64. The number of benzene rings is 1. The van der Waals surface area contributed by atoms with Crippen molar-refractivity contribution in [1.82, 2.24) is 20.2 Å². The number of nitrogens with zero attached hydrogens (tertiary/aromatic N) is 2. The molecule has 3 aromatic rings. The number of carbonyl (C=O) groups excluding carboxylic acids is 2. The van der Waals surface area contributed by atoms with Crippen LogP contribution in [0, 0.1) is 17.7 Å². The normalized spacial score (nSPS) is 16.3. The summed E-state index contributed by atoms with van der Waals surface area (Å²) in [5, 5.41) is 6.11. The average Bonchev–Trinajstić information content (AvgIpc) is 3.53. The Bertz CT molecular complexity index is 1450. The topological polar surface area (TPSA) is 99.3 Å². The molecule has 0 unspecified atom stereocenters. The van der Waals surface area contributed by atoms with Crippen molar-refractivity contribution in [3.8, 4) is 28.8 Å². The van der Waals surface area contributed by atoms with Crippen molar-refractivity contribution in [2.75, 3.05) is 25.5 Å². The maximum Gasteiger partial charge on any atom is 0.255 e. The molecule has 3 N–H and O–H groups in total. The molecule has 0 saturated carbocycles. The molecule has 188 valence electrons. The van der Waals surface area contributed by atoms with Gasteiger partial charge in [-0.25, -0.2) is 4.39 Å². The van der Waals surface area contributed by atoms with E-state index in [-0.39, 0.29) is 23.6 Å². The lowest BCUT2D eigenvalue weighted by Gasteiger charge is -2.18. The molecule has 1 fully saturated rings. The summed E-state index contributed by atoms with van der Waals surface area (Å²) in [4.78, 5) is 34.5. The molecule has 2 aromatic heterocycles. The van der Waals surface area contributed by atoms with Gasteiger partial charge in [-0.1, -0.05) is 24.5 Å². The Hall–Kier alpha value is -4.58. The average molecular weight is 500 g/mol. The van der Waals surface area contributed by atoms with Crippen LogP contribution in [0.1, 0.15) is 34.5 Å². The van der Waals surface area contributed by atoms with Gasteiger partial charge in [-0.15, -0.1) is 0 Å². The van der Waals surface area contributed by atoms with Gasteiger partial charge in [0.15, 0.2) is 11.6 Å². The highest BCUT2D eigenvalue weighted by Crippen LogP contribution is 2.40. The van der Waals surface area contributed by atoms with Crippen LogP contribution in [0.15, 0.2) is 49.3 Å². The lowest BCUT2D eigenvalue weighted by molar-refractivity contribution is -0.125. The van der Waals surface area contributed by atoms with Gasteiger partial charge in [0.25, 0.3) is 5.91 Å². The molecule has 9 heteroatoms. The Morgan fingerprint density at radius 3 is 3.05 bits per heavy atom. The second-order valence-electron chi connectivity index (χ2n) is 8.76. The Labute approximate surface area is 213 Å². The molecule has 37 heavy (non-hydrogen) atoms. The van der Waals surface area contributed by atoms with Crippen LogP contribution in [0.25, 0.3) is 11.3 Å². The largest absolute Gasteiger partial charge is 0.492 e. The molecule has 1 atom stereocenters. The number of amides is 2. The quantitative estimate of drug-likeness (QED) is 0.367. The predicted octanol–water partition coefficient (Wildman–Crippen LogP) is 3.78. The Morgan fingerprint density at radius 2 is 2.24 bits per heavy atom. The predicted molar refractivity (Wildman–Crippen MR) is 138 cm³/mol. The summed E-state index contributed by atoms with van der Waals surface area (Å²) in [6.07, 6.45) is 6.89. The highest BCUT2D eigenvalue weighted by Gasteiger charge is 2.29. The van der Waals surface area contributed by atoms with Gasteiger partial charge in [0.1, 0.15) is 0 Å². The summed E-state index contributed by atoms with van der Waals surface area (Å²) < 4.78 is 19.7. The number of methoxy groups -OCH3 is 1. The van der Waals surface area contributed by atoms with Gasteiger partial charge in [-0.05, 0) is 37.1 Å². The summed E-state index contributed by atoms with van der Waals surface area (Å²) in [5.41, 5.74) is 4.10. The molecule has 1 saturated heterocycles. The van der Waals surface area contributed by atoms with Crippen LogP contribution >= 0.6 is 0 Å². The number of aromatic nitrogens is 2. The van der Waals surface area contributed by atoms with Crippen molar-refractivity contribution >= 4 is 23.2 Å². The smallest absolute Gasteiger partial charge is 0.255 e. The molecule has 2 aliphatic heterocycles. The van der Waals surface area contributed by atoms with Gasteiger partial charge in [-0.3, -0.25) is 14.6 Å². The molecule has 0 radical (unpaired) electrons. The molecule has 0 aliphatic carbocycles. The number of aromatic amines is 1. The van der Waals surface area contributed by atoms with Crippen LogP contribution in [0.3, 0.4) is 0 Å². The number of nitrogens with one attached hydrogen (secondary N) is 3. The van der Waals surface area contributed by atoms with Crippen molar-refractivity contribution in [1.29, 1.82) is 0 Å². The number of hydrogen-bond donors (Lipinski definition) is 3. The standard InChI is InChI=1S/C28H26FN5O3/c1-3-23(35)34-15-5-6-18(34)10-9-17-16-30-13-11-19(17)25-26(24-21(32-25)12-14-31-28(24)36)33-22-8-4-7-20(29)27(22)37-2/h3-4,7-8,11,13,16,18,32-33H,1,5-6,12,14-15H2,2H3,(H,31,36)/t18-/m1/s1. The highest BCUT2D eigenvalue weighted by atomic mass is 19.1. The third-order valence-electron chi connectivity index (χ3n) is 6.57. The zero-order chi connectivity index (χ0) is 25.9. The summed E-state index contributed by atoms with van der Waals surface area (Å²) in [6.45, 7) is 4.74. The van der Waals surface area contributed by atoms with Crippen molar-refractivity contribution in [3.63, 3.8) is 0 Å². The van der Waals surface area contributed by atoms with Crippen molar-refractivity contribution in [2.45, 2.75) is 25.3 Å². The SMILES string of the molecule is C=CC(=O)N1CCC[C@@H]1C#Cc1cnccc1-c1[nH]c2c(c1Nc1cccc(F)c1OC)C(=O)NCC2. The minimum atomic E-state index is -0.520. The number of carbonyl (C=O) groups is 2. The number of likely N-dealkylation sites (tertiary alicyclic amines) is 1. The maximum atomic E-state index is 14.4. The minimum Gasteiger partial charge on any atom is -0.492 e. The first-order chi connectivity index (χ1) is 18.0. The van der Waals surface area contributed by atoms with Gasteiger partial charge < -0.3 is 25.3 Å². The third kappa shape index (κ3) is 4.54. The van der Waals surface area contributed by atoms with E-state index in [1.165, 1.54) is 19.3 Å². The van der Waals surface area contributed by atoms with E-state index in [1.807, 2.05) is 6.07 Å². The van der Waals surface area contributed by atoms with Crippen molar-refractivity contribution in [2.24, 2.45) is 0 Å². The van der Waals surface area contributed by atoms with E-state index in [0.29, 0.717) is 47.7 Å². The van der Waals surface area contributed by atoms with E-state index in [0.717, 1.165) is 24.1 Å². The van der Waals surface area contributed by atoms with Gasteiger partial charge in [0, 0.05) is 43.2 Å². The highest BCUT2D eigenvalue weighted by molar-refractivity contribution is 6.06. The van der Waals surface area contributed by atoms with Crippen LogP contribution < -0.4 is 15.4 Å². The Balaban J connectivity index is 1.61. The first kappa shape index (κ1) is 24.1. The van der Waals surface area contributed by atoms with Crippen molar-refractivity contribution in [3.05, 3.63) is 72.0 Å². The molecule has 1 aromatic carbocycles. The van der Waals surface area contributed by atoms with Gasteiger partial charge >= 0.3 is 0 Å². The number of halogens is 1. The number of anilines is 2. The molecule has 2 amide bonds. The fraction of sp³-hybridized carbons (Fsp3) is 0.250. The van der Waals surface area contributed by atoms with Crippen LogP contribution in [0.4, 0.5) is 15.8 Å². The van der Waals surface area contributed by atoms with E-state index in [9.17, 15) is 14.0 Å². The fourth-order valence-electron chi connectivity index (χ4n) is 4.83. The molecular formula is C28H26FN5O3. The van der Waals surface area contributed by atoms with E-state index in [1.54, 1.807) is 29.4 Å². The molecule has 0 spiro atoms. The number of rotatable bonds is 5. The monoisotopic (exact) mass is 499 g/mol. The zero-order valence-corrected chi connectivity index (χ0v) is 20.4. The number of fused-ring (bicyclic) bond motifs is 1. The van der Waals surface area contributed by atoms with E-state index >= 15 is 0 Å². The summed E-state index contributed by atoms with van der Waals surface area (Å²) in [5.74, 6) is 5.58. The van der Waals surface area contributed by atoms with Crippen LogP contribution in [0.5, 0.6) is 5.75 Å². The summed E-state index contributed by atoms with van der Waals surface area (Å²) >= 11 is 0. The van der Waals surface area contributed by atoms with E-state index < -0.39 is 5.82 Å². The molecule has 4 heterocycles. The van der Waals surface area contributed by atoms with Gasteiger partial charge in [0.05, 0.1) is 41.3 Å². The van der Waals surface area contributed by atoms with Gasteiger partial charge in [-0.2, -0.15) is 0 Å². The van der Waals surface area contributed by atoms with Gasteiger partial charge in [0.2, 0.25) is 5.91 Å². The molecular weight excluding hydrogens is 473 g/mol. The molecule has 8 nitrogen and oxygen atoms in total. The third-order valence-corrected chi connectivity index (χ3v) is 6.57. The molecule has 2 aliphatic rings.